The lowest BCUT2D eigenvalue weighted by atomic mass is 9.92. The monoisotopic (exact) mass is 351 g/mol. The van der Waals surface area contributed by atoms with Crippen LogP contribution in [0.4, 0.5) is 5.69 Å². The van der Waals surface area contributed by atoms with Gasteiger partial charge in [0.15, 0.2) is 0 Å². The summed E-state index contributed by atoms with van der Waals surface area (Å²) in [6.07, 6.45) is 4.05. The molecule has 1 aliphatic carbocycles. The third-order valence-electron chi connectivity index (χ3n) is 3.00. The number of rotatable bonds is 2. The van der Waals surface area contributed by atoms with E-state index in [4.69, 9.17) is 11.6 Å². The van der Waals surface area contributed by atoms with Crippen LogP contribution >= 0.6 is 34.2 Å². The number of benzene rings is 1. The zero-order valence-electron chi connectivity index (χ0n) is 8.92. The van der Waals surface area contributed by atoms with Crippen molar-refractivity contribution in [3.8, 4) is 0 Å². The third kappa shape index (κ3) is 3.02. The van der Waals surface area contributed by atoms with E-state index in [1.807, 2.05) is 18.2 Å². The lowest BCUT2D eigenvalue weighted by molar-refractivity contribution is 0.116. The molecule has 1 aliphatic rings. The summed E-state index contributed by atoms with van der Waals surface area (Å²) in [5.41, 5.74) is 1.07. The van der Waals surface area contributed by atoms with E-state index in [9.17, 15) is 5.11 Å². The van der Waals surface area contributed by atoms with Gasteiger partial charge in [0.1, 0.15) is 0 Å². The summed E-state index contributed by atoms with van der Waals surface area (Å²) in [4.78, 5) is 0. The van der Waals surface area contributed by atoms with Gasteiger partial charge in [0.25, 0.3) is 0 Å². The van der Waals surface area contributed by atoms with Crippen molar-refractivity contribution < 1.29 is 5.11 Å². The molecular weight excluding hydrogens is 336 g/mol. The van der Waals surface area contributed by atoms with Gasteiger partial charge in [-0.2, -0.15) is 0 Å². The second-order valence-electron chi connectivity index (χ2n) is 4.23. The molecule has 0 heterocycles. The van der Waals surface area contributed by atoms with Crippen LogP contribution in [0.2, 0.25) is 5.02 Å². The molecule has 2 nitrogen and oxygen atoms in total. The van der Waals surface area contributed by atoms with Crippen LogP contribution in [-0.2, 0) is 0 Å². The highest BCUT2D eigenvalue weighted by atomic mass is 127. The molecule has 0 spiro atoms. The Morgan fingerprint density at radius 2 is 2.06 bits per heavy atom. The Labute approximate surface area is 115 Å². The van der Waals surface area contributed by atoms with E-state index in [-0.39, 0.29) is 12.1 Å². The summed E-state index contributed by atoms with van der Waals surface area (Å²) < 4.78 is 1.10. The molecule has 0 aliphatic heterocycles. The molecule has 16 heavy (non-hydrogen) atoms. The molecule has 1 fully saturated rings. The van der Waals surface area contributed by atoms with Crippen molar-refractivity contribution in [2.75, 3.05) is 5.32 Å². The molecule has 0 radical (unpaired) electrons. The number of aliphatic hydroxyl groups is 1. The van der Waals surface area contributed by atoms with Crippen LogP contribution in [0, 0.1) is 3.57 Å². The maximum Gasteiger partial charge on any atom is 0.0741 e. The van der Waals surface area contributed by atoms with Crippen molar-refractivity contribution >= 4 is 39.9 Å². The SMILES string of the molecule is O[C@@H]1CCCC[C@H]1Nc1ccc(Cl)cc1I. The van der Waals surface area contributed by atoms with Gasteiger partial charge in [0.05, 0.1) is 12.1 Å². The Kier molecular flexibility index (Phi) is 4.33. The molecule has 1 aromatic rings. The molecule has 0 aromatic heterocycles. The molecular formula is C12H15ClINO. The number of hydrogen-bond donors (Lipinski definition) is 2. The minimum absolute atomic E-state index is 0.184. The molecule has 4 heteroatoms. The number of nitrogens with one attached hydrogen (secondary N) is 1. The van der Waals surface area contributed by atoms with Crippen LogP contribution in [0.5, 0.6) is 0 Å². The van der Waals surface area contributed by atoms with Crippen LogP contribution in [0.1, 0.15) is 25.7 Å². The van der Waals surface area contributed by atoms with E-state index in [1.54, 1.807) is 0 Å². The first kappa shape index (κ1) is 12.5. The fourth-order valence-electron chi connectivity index (χ4n) is 2.09. The van der Waals surface area contributed by atoms with Gasteiger partial charge in [0.2, 0.25) is 0 Å². The fraction of sp³-hybridized carbons (Fsp3) is 0.500. The summed E-state index contributed by atoms with van der Waals surface area (Å²) in [5.74, 6) is 0. The number of hydrogen-bond acceptors (Lipinski definition) is 2. The van der Waals surface area contributed by atoms with E-state index >= 15 is 0 Å². The first-order valence-electron chi connectivity index (χ1n) is 5.56. The lowest BCUT2D eigenvalue weighted by Gasteiger charge is -2.29. The average Bonchev–Trinajstić information content (AvgIpc) is 2.25. The molecule has 2 rings (SSSR count). The second-order valence-corrected chi connectivity index (χ2v) is 5.83. The van der Waals surface area contributed by atoms with Crippen molar-refractivity contribution in [2.45, 2.75) is 37.8 Å². The van der Waals surface area contributed by atoms with Crippen molar-refractivity contribution in [1.82, 2.24) is 0 Å². The average molecular weight is 352 g/mol. The van der Waals surface area contributed by atoms with Crippen LogP contribution < -0.4 is 5.32 Å². The molecule has 0 amide bonds. The Morgan fingerprint density at radius 3 is 2.75 bits per heavy atom. The van der Waals surface area contributed by atoms with Gasteiger partial charge in [-0.05, 0) is 53.6 Å². The first-order chi connectivity index (χ1) is 7.66. The van der Waals surface area contributed by atoms with Crippen molar-refractivity contribution in [2.24, 2.45) is 0 Å². The molecule has 2 atom stereocenters. The van der Waals surface area contributed by atoms with Crippen LogP contribution in [0.15, 0.2) is 18.2 Å². The Morgan fingerprint density at radius 1 is 1.31 bits per heavy atom. The molecule has 0 unspecified atom stereocenters. The zero-order valence-corrected chi connectivity index (χ0v) is 11.8. The summed E-state index contributed by atoms with van der Waals surface area (Å²) in [7, 11) is 0. The Bertz CT molecular complexity index is 372. The maximum atomic E-state index is 9.88. The third-order valence-corrected chi connectivity index (χ3v) is 4.13. The molecule has 1 saturated carbocycles. The molecule has 2 N–H and O–H groups in total. The van der Waals surface area contributed by atoms with E-state index in [2.05, 4.69) is 27.9 Å². The zero-order chi connectivity index (χ0) is 11.5. The quantitative estimate of drug-likeness (QED) is 0.797. The van der Waals surface area contributed by atoms with E-state index in [0.29, 0.717) is 0 Å². The molecule has 0 bridgehead atoms. The van der Waals surface area contributed by atoms with Crippen LogP contribution in [-0.4, -0.2) is 17.3 Å². The summed E-state index contributed by atoms with van der Waals surface area (Å²) in [6.45, 7) is 0. The highest BCUT2D eigenvalue weighted by molar-refractivity contribution is 14.1. The van der Waals surface area contributed by atoms with Gasteiger partial charge in [-0.25, -0.2) is 0 Å². The van der Waals surface area contributed by atoms with E-state index < -0.39 is 0 Å². The second kappa shape index (κ2) is 5.56. The normalized spacial score (nSPS) is 25.4. The minimum Gasteiger partial charge on any atom is -0.391 e. The fourth-order valence-corrected chi connectivity index (χ4v) is 3.11. The molecule has 88 valence electrons. The first-order valence-corrected chi connectivity index (χ1v) is 7.02. The smallest absolute Gasteiger partial charge is 0.0741 e. The van der Waals surface area contributed by atoms with Gasteiger partial charge < -0.3 is 10.4 Å². The maximum absolute atomic E-state index is 9.88. The predicted octanol–water partition coefficient (Wildman–Crippen LogP) is 3.66. The van der Waals surface area contributed by atoms with E-state index in [1.165, 1.54) is 6.42 Å². The summed E-state index contributed by atoms with van der Waals surface area (Å²) in [5, 5.41) is 14.0. The predicted molar refractivity (Wildman–Crippen MR) is 76.1 cm³/mol. The van der Waals surface area contributed by atoms with Gasteiger partial charge in [-0.1, -0.05) is 24.4 Å². The highest BCUT2D eigenvalue weighted by Gasteiger charge is 2.23. The van der Waals surface area contributed by atoms with Gasteiger partial charge in [-0.3, -0.25) is 0 Å². The van der Waals surface area contributed by atoms with Crippen LogP contribution in [0.3, 0.4) is 0 Å². The number of anilines is 1. The standard InChI is InChI=1S/C12H15ClINO/c13-8-5-6-10(9(14)7-8)15-11-3-1-2-4-12(11)16/h5-7,11-12,15-16H,1-4H2/t11-,12-/m1/s1. The minimum atomic E-state index is -0.222. The topological polar surface area (TPSA) is 32.3 Å². The largest absolute Gasteiger partial charge is 0.391 e. The highest BCUT2D eigenvalue weighted by Crippen LogP contribution is 2.26. The Balaban J connectivity index is 2.07. The van der Waals surface area contributed by atoms with Crippen molar-refractivity contribution in [1.29, 1.82) is 0 Å². The molecule has 0 saturated heterocycles. The molecule has 1 aromatic carbocycles. The van der Waals surface area contributed by atoms with E-state index in [0.717, 1.165) is 33.5 Å². The summed E-state index contributed by atoms with van der Waals surface area (Å²) >= 11 is 8.17. The van der Waals surface area contributed by atoms with Crippen molar-refractivity contribution in [3.05, 3.63) is 26.8 Å². The Hall–Kier alpha value is -0.000000000000000111. The lowest BCUT2D eigenvalue weighted by Crippen LogP contribution is -2.36. The number of halogens is 2. The van der Waals surface area contributed by atoms with Gasteiger partial charge in [0, 0.05) is 14.3 Å². The van der Waals surface area contributed by atoms with Gasteiger partial charge >= 0.3 is 0 Å². The van der Waals surface area contributed by atoms with Gasteiger partial charge in [-0.15, -0.1) is 0 Å². The van der Waals surface area contributed by atoms with Crippen molar-refractivity contribution in [3.63, 3.8) is 0 Å². The van der Waals surface area contributed by atoms with Crippen LogP contribution in [0.25, 0.3) is 0 Å². The number of aliphatic hydroxyl groups excluding tert-OH is 1. The summed E-state index contributed by atoms with van der Waals surface area (Å²) in [6, 6.07) is 5.97.